The second-order valence-corrected chi connectivity index (χ2v) is 13.4. The number of carbonyl (C=O) groups is 3. The van der Waals surface area contributed by atoms with Gasteiger partial charge in [-0.2, -0.15) is 5.10 Å². The van der Waals surface area contributed by atoms with E-state index in [-0.39, 0.29) is 28.3 Å². The Morgan fingerprint density at radius 2 is 1.81 bits per heavy atom. The molecule has 0 spiro atoms. The lowest BCUT2D eigenvalue weighted by molar-refractivity contribution is -0.125. The number of amides is 3. The van der Waals surface area contributed by atoms with E-state index in [0.717, 1.165) is 54.0 Å². The highest BCUT2D eigenvalue weighted by Crippen LogP contribution is 2.38. The van der Waals surface area contributed by atoms with Crippen LogP contribution >= 0.6 is 11.6 Å². The van der Waals surface area contributed by atoms with E-state index in [4.69, 9.17) is 11.6 Å². The number of halogens is 1. The molecule has 1 fully saturated rings. The summed E-state index contributed by atoms with van der Waals surface area (Å²) in [6.45, 7) is 9.09. The van der Waals surface area contributed by atoms with Gasteiger partial charge in [0.25, 0.3) is 11.8 Å². The summed E-state index contributed by atoms with van der Waals surface area (Å²) in [7, 11) is 1.85. The van der Waals surface area contributed by atoms with Gasteiger partial charge < -0.3 is 10.2 Å². The lowest BCUT2D eigenvalue weighted by atomic mass is 9.77. The van der Waals surface area contributed by atoms with E-state index in [9.17, 15) is 14.4 Å². The maximum Gasteiger partial charge on any atom is 0.259 e. The molecule has 2 aliphatic rings. The third-order valence-corrected chi connectivity index (χ3v) is 8.81. The first kappa shape index (κ1) is 29.8. The van der Waals surface area contributed by atoms with Gasteiger partial charge in [0.2, 0.25) is 5.91 Å². The third kappa shape index (κ3) is 6.54. The van der Waals surface area contributed by atoms with Crippen LogP contribution in [0.1, 0.15) is 91.1 Å². The Morgan fingerprint density at radius 1 is 1.07 bits per heavy atom. The highest BCUT2D eigenvalue weighted by molar-refractivity contribution is 6.34. The molecule has 3 amide bonds. The first-order valence-corrected chi connectivity index (χ1v) is 15.1. The monoisotopic (exact) mass is 589 g/mol. The van der Waals surface area contributed by atoms with Crippen LogP contribution in [0.3, 0.4) is 0 Å². The zero-order valence-electron chi connectivity index (χ0n) is 25.1. The Balaban J connectivity index is 1.26. The predicted molar refractivity (Wildman–Crippen MR) is 166 cm³/mol. The Bertz CT molecular complexity index is 1510. The Labute approximate surface area is 252 Å². The highest BCUT2D eigenvalue weighted by Gasteiger charge is 2.30. The Hall–Kier alpha value is -3.65. The lowest BCUT2D eigenvalue weighted by Crippen LogP contribution is -2.37. The van der Waals surface area contributed by atoms with Crippen LogP contribution in [-0.2, 0) is 18.4 Å². The number of anilines is 3. The molecule has 0 radical (unpaired) electrons. The molecule has 2 aromatic carbocycles. The van der Waals surface area contributed by atoms with Gasteiger partial charge in [-0.05, 0) is 92.7 Å². The van der Waals surface area contributed by atoms with Crippen molar-refractivity contribution in [2.75, 3.05) is 10.2 Å². The molecule has 2 heterocycles. The fourth-order valence-corrected chi connectivity index (χ4v) is 6.20. The Morgan fingerprint density at radius 3 is 2.50 bits per heavy atom. The standard InChI is InChI=1S/C33H40ClN5O3/c1-20-6-13-28-27(16-20)36-29-24(18-35-38(29)5)19-39(28)32(42)23-11-12-25(26(34)17-23)31(41)37-30(40)22-9-7-21(8-10-22)14-15-33(2,3)4/h6,11-13,16-18,21-22,36H,7-10,14-15,19H2,1-5H3,(H,37,40,41). The zero-order chi connectivity index (χ0) is 30.2. The fourth-order valence-electron chi connectivity index (χ4n) is 5.93. The van der Waals surface area contributed by atoms with Gasteiger partial charge in [0.15, 0.2) is 0 Å². The number of benzene rings is 2. The van der Waals surface area contributed by atoms with E-state index in [2.05, 4.69) is 36.5 Å². The van der Waals surface area contributed by atoms with E-state index in [1.165, 1.54) is 25.0 Å². The number of aromatic nitrogens is 2. The first-order chi connectivity index (χ1) is 19.9. The summed E-state index contributed by atoms with van der Waals surface area (Å²) < 4.78 is 1.75. The first-order valence-electron chi connectivity index (χ1n) is 14.7. The number of hydrogen-bond acceptors (Lipinski definition) is 5. The molecule has 42 heavy (non-hydrogen) atoms. The third-order valence-electron chi connectivity index (χ3n) is 8.50. The second kappa shape index (κ2) is 11.9. The number of fused-ring (bicyclic) bond motifs is 2. The number of carbonyl (C=O) groups excluding carboxylic acids is 3. The summed E-state index contributed by atoms with van der Waals surface area (Å²) in [5.41, 5.74) is 4.30. The van der Waals surface area contributed by atoms with Gasteiger partial charge in [-0.15, -0.1) is 0 Å². The van der Waals surface area contributed by atoms with Crippen LogP contribution in [0, 0.1) is 24.2 Å². The number of nitrogens with zero attached hydrogens (tertiary/aromatic N) is 3. The van der Waals surface area contributed by atoms with Crippen LogP contribution < -0.4 is 15.5 Å². The number of imide groups is 1. The molecule has 1 saturated carbocycles. The van der Waals surface area contributed by atoms with Crippen LogP contribution in [0.2, 0.25) is 5.02 Å². The topological polar surface area (TPSA) is 96.3 Å². The van der Waals surface area contributed by atoms with Gasteiger partial charge in [-0.1, -0.05) is 38.4 Å². The summed E-state index contributed by atoms with van der Waals surface area (Å²) in [6.07, 6.45) is 7.70. The molecule has 0 bridgehead atoms. The molecular weight excluding hydrogens is 550 g/mol. The van der Waals surface area contributed by atoms with Gasteiger partial charge in [-0.3, -0.25) is 24.4 Å². The second-order valence-electron chi connectivity index (χ2n) is 13.0. The molecule has 0 saturated heterocycles. The average molecular weight is 590 g/mol. The molecule has 8 nitrogen and oxygen atoms in total. The molecule has 0 atom stereocenters. The van der Waals surface area contributed by atoms with Crippen molar-refractivity contribution in [1.82, 2.24) is 15.1 Å². The molecule has 222 valence electrons. The Kier molecular flexibility index (Phi) is 8.46. The van der Waals surface area contributed by atoms with Gasteiger partial charge in [-0.25, -0.2) is 0 Å². The van der Waals surface area contributed by atoms with Crippen molar-refractivity contribution in [2.24, 2.45) is 24.3 Å². The molecule has 2 N–H and O–H groups in total. The number of aryl methyl sites for hydroxylation is 2. The van der Waals surface area contributed by atoms with Gasteiger partial charge in [0.1, 0.15) is 5.82 Å². The summed E-state index contributed by atoms with van der Waals surface area (Å²) in [5, 5.41) is 10.4. The van der Waals surface area contributed by atoms with E-state index in [0.29, 0.717) is 23.4 Å². The van der Waals surface area contributed by atoms with Crippen molar-refractivity contribution in [3.05, 3.63) is 69.9 Å². The van der Waals surface area contributed by atoms with E-state index in [1.807, 2.05) is 32.2 Å². The summed E-state index contributed by atoms with van der Waals surface area (Å²) in [6, 6.07) is 10.5. The van der Waals surface area contributed by atoms with Crippen LogP contribution in [0.15, 0.2) is 42.6 Å². The molecule has 1 aromatic heterocycles. The predicted octanol–water partition coefficient (Wildman–Crippen LogP) is 7.18. The number of rotatable bonds is 5. The average Bonchev–Trinajstić information content (AvgIpc) is 3.19. The van der Waals surface area contributed by atoms with E-state index >= 15 is 0 Å². The molecule has 0 unspecified atom stereocenters. The molecule has 9 heteroatoms. The molecular formula is C33H40ClN5O3. The van der Waals surface area contributed by atoms with E-state index < -0.39 is 5.91 Å². The van der Waals surface area contributed by atoms with Gasteiger partial charge >= 0.3 is 0 Å². The highest BCUT2D eigenvalue weighted by atomic mass is 35.5. The number of hydrogen-bond donors (Lipinski definition) is 2. The summed E-state index contributed by atoms with van der Waals surface area (Å²) in [4.78, 5) is 41.5. The minimum atomic E-state index is -0.543. The van der Waals surface area contributed by atoms with Gasteiger partial charge in [0.05, 0.1) is 34.7 Å². The minimum absolute atomic E-state index is 0.121. The van der Waals surface area contributed by atoms with Crippen LogP contribution in [0.5, 0.6) is 0 Å². The van der Waals surface area contributed by atoms with Crippen molar-refractivity contribution in [3.8, 4) is 0 Å². The van der Waals surface area contributed by atoms with Crippen LogP contribution in [-0.4, -0.2) is 27.5 Å². The molecule has 1 aliphatic heterocycles. The quantitative estimate of drug-likeness (QED) is 0.307. The van der Waals surface area contributed by atoms with Crippen molar-refractivity contribution in [3.63, 3.8) is 0 Å². The zero-order valence-corrected chi connectivity index (χ0v) is 25.8. The maximum atomic E-state index is 13.8. The summed E-state index contributed by atoms with van der Waals surface area (Å²) >= 11 is 6.54. The van der Waals surface area contributed by atoms with Crippen LogP contribution in [0.4, 0.5) is 17.2 Å². The molecule has 3 aromatic rings. The van der Waals surface area contributed by atoms with Gasteiger partial charge in [0, 0.05) is 24.1 Å². The normalized spacial score (nSPS) is 18.4. The largest absolute Gasteiger partial charge is 0.338 e. The summed E-state index contributed by atoms with van der Waals surface area (Å²) in [5.74, 6) is 0.249. The van der Waals surface area contributed by atoms with Crippen molar-refractivity contribution in [1.29, 1.82) is 0 Å². The fraction of sp³-hybridized carbons (Fsp3) is 0.455. The number of nitrogens with one attached hydrogen (secondary N) is 2. The molecule has 5 rings (SSSR count). The van der Waals surface area contributed by atoms with Crippen molar-refractivity contribution >= 4 is 46.5 Å². The van der Waals surface area contributed by atoms with Crippen molar-refractivity contribution < 1.29 is 14.4 Å². The minimum Gasteiger partial charge on any atom is -0.338 e. The SMILES string of the molecule is Cc1ccc2c(c1)Nc1c(cnn1C)CN2C(=O)c1ccc(C(=O)NC(=O)C2CCC(CCC(C)(C)C)CC2)c(Cl)c1. The lowest BCUT2D eigenvalue weighted by Gasteiger charge is -2.29. The smallest absolute Gasteiger partial charge is 0.259 e. The maximum absolute atomic E-state index is 13.8. The van der Waals surface area contributed by atoms with Crippen LogP contribution in [0.25, 0.3) is 0 Å². The van der Waals surface area contributed by atoms with E-state index in [1.54, 1.807) is 21.8 Å². The van der Waals surface area contributed by atoms with Crippen molar-refractivity contribution in [2.45, 2.75) is 72.8 Å². The molecule has 1 aliphatic carbocycles.